The smallest absolute Gasteiger partial charge is 0.220 e. The zero-order valence-corrected chi connectivity index (χ0v) is 8.81. The lowest BCUT2D eigenvalue weighted by Gasteiger charge is -1.99. The molecule has 0 aliphatic heterocycles. The van der Waals surface area contributed by atoms with Crippen LogP contribution in [0.4, 0.5) is 0 Å². The summed E-state index contributed by atoms with van der Waals surface area (Å²) >= 11 is -2.55. The van der Waals surface area contributed by atoms with Crippen LogP contribution in [0.25, 0.3) is 0 Å². The molecule has 0 N–H and O–H groups in total. The van der Waals surface area contributed by atoms with Gasteiger partial charge in [0.05, 0.1) is 6.61 Å². The summed E-state index contributed by atoms with van der Waals surface area (Å²) in [5.74, 6) is 0. The van der Waals surface area contributed by atoms with E-state index in [4.69, 9.17) is 0 Å². The van der Waals surface area contributed by atoms with Crippen molar-refractivity contribution in [2.24, 2.45) is 0 Å². The minimum absolute atomic E-state index is 0.347. The van der Waals surface area contributed by atoms with Crippen LogP contribution in [0.3, 0.4) is 0 Å². The van der Waals surface area contributed by atoms with Gasteiger partial charge in [0.25, 0.3) is 0 Å². The average Bonchev–Trinajstić information content (AvgIpc) is 2.09. The van der Waals surface area contributed by atoms with Crippen molar-refractivity contribution in [2.75, 3.05) is 6.61 Å². The fourth-order valence-electron chi connectivity index (χ4n) is 1.01. The molecule has 0 aromatic heterocycles. The lowest BCUT2D eigenvalue weighted by Crippen LogP contribution is -1.98. The van der Waals surface area contributed by atoms with E-state index in [1.165, 1.54) is 25.7 Å². The van der Waals surface area contributed by atoms with Crippen LogP contribution in [0.5, 0.6) is 0 Å². The lowest BCUT2D eigenvalue weighted by atomic mass is 10.1. The zero-order valence-electron chi connectivity index (χ0n) is 7.99. The quantitative estimate of drug-likeness (QED) is 0.332. The summed E-state index contributed by atoms with van der Waals surface area (Å²) < 4.78 is 23.5. The second-order valence-electron chi connectivity index (χ2n) is 2.86. The molecule has 0 aliphatic carbocycles. The van der Waals surface area contributed by atoms with Gasteiger partial charge in [0.2, 0.25) is 0 Å². The Morgan fingerprint density at radius 1 is 1.08 bits per heavy atom. The van der Waals surface area contributed by atoms with Gasteiger partial charge in [-0.2, -0.15) is 4.21 Å². The molecule has 13 heavy (non-hydrogen) atoms. The maximum atomic E-state index is 9.83. The molecule has 1 unspecified atom stereocenters. The van der Waals surface area contributed by atoms with Gasteiger partial charge in [0.1, 0.15) is 0 Å². The van der Waals surface area contributed by atoms with Crippen molar-refractivity contribution in [2.45, 2.75) is 45.4 Å². The standard InChI is InChI=1S/C8H17O4S/c1-2-3-4-5-6-7-8-11-12-13(9)10/h2-8H2,1H3. The molecule has 5 heteroatoms. The second-order valence-corrected chi connectivity index (χ2v) is 3.41. The Balaban J connectivity index is 2.87. The topological polar surface area (TPSA) is 55.4 Å². The Bertz CT molecular complexity index is 129. The van der Waals surface area contributed by atoms with Gasteiger partial charge in [-0.3, -0.25) is 0 Å². The summed E-state index contributed by atoms with van der Waals surface area (Å²) in [5, 5.41) is 0. The van der Waals surface area contributed by atoms with Gasteiger partial charge in [-0.05, 0) is 6.42 Å². The molecule has 0 saturated carbocycles. The third-order valence-corrected chi connectivity index (χ3v) is 1.89. The van der Waals surface area contributed by atoms with Crippen molar-refractivity contribution in [1.29, 1.82) is 0 Å². The van der Waals surface area contributed by atoms with Gasteiger partial charge in [-0.25, -0.2) is 4.89 Å². The van der Waals surface area contributed by atoms with E-state index in [1.807, 2.05) is 0 Å². The Labute approximate surface area is 82.0 Å². The van der Waals surface area contributed by atoms with Crippen LogP contribution in [0.2, 0.25) is 0 Å². The predicted molar refractivity (Wildman–Crippen MR) is 49.2 cm³/mol. The molecule has 0 spiro atoms. The first kappa shape index (κ1) is 13.0. The van der Waals surface area contributed by atoms with Gasteiger partial charge >= 0.3 is 11.4 Å². The van der Waals surface area contributed by atoms with Crippen LogP contribution in [0.1, 0.15) is 45.4 Å². The van der Waals surface area contributed by atoms with Crippen molar-refractivity contribution in [1.82, 2.24) is 0 Å². The molecule has 0 amide bonds. The summed E-state index contributed by atoms with van der Waals surface area (Å²) in [7, 11) is 0. The van der Waals surface area contributed by atoms with E-state index in [-0.39, 0.29) is 0 Å². The molecular weight excluding hydrogens is 192 g/mol. The molecule has 0 aromatic carbocycles. The van der Waals surface area contributed by atoms with E-state index in [1.54, 1.807) is 0 Å². The zero-order chi connectivity index (χ0) is 9.94. The first-order chi connectivity index (χ1) is 6.27. The first-order valence-electron chi connectivity index (χ1n) is 4.66. The summed E-state index contributed by atoms with van der Waals surface area (Å²) in [4.78, 5) is 4.39. The molecule has 0 aromatic rings. The molecule has 0 saturated heterocycles. The van der Waals surface area contributed by atoms with Crippen LogP contribution in [-0.4, -0.2) is 10.8 Å². The van der Waals surface area contributed by atoms with E-state index in [9.17, 15) is 8.76 Å². The number of rotatable bonds is 9. The van der Waals surface area contributed by atoms with Crippen molar-refractivity contribution in [3.8, 4) is 0 Å². The van der Waals surface area contributed by atoms with Crippen LogP contribution in [0.15, 0.2) is 0 Å². The second kappa shape index (κ2) is 10.1. The van der Waals surface area contributed by atoms with E-state index in [2.05, 4.69) is 16.1 Å². The monoisotopic (exact) mass is 209 g/mol. The van der Waals surface area contributed by atoms with E-state index in [0.717, 1.165) is 12.8 Å². The average molecular weight is 209 g/mol. The van der Waals surface area contributed by atoms with Gasteiger partial charge < -0.3 is 0 Å². The minimum atomic E-state index is -2.55. The van der Waals surface area contributed by atoms with E-state index >= 15 is 0 Å². The van der Waals surface area contributed by atoms with Crippen LogP contribution in [0, 0.1) is 0 Å². The molecule has 0 heterocycles. The van der Waals surface area contributed by atoms with Crippen molar-refractivity contribution in [3.05, 3.63) is 0 Å². The predicted octanol–water partition coefficient (Wildman–Crippen LogP) is 2.30. The lowest BCUT2D eigenvalue weighted by molar-refractivity contribution is -0.204. The Morgan fingerprint density at radius 3 is 2.31 bits per heavy atom. The molecule has 0 aliphatic rings. The van der Waals surface area contributed by atoms with Crippen molar-refractivity contribution >= 4 is 11.4 Å². The molecule has 0 fully saturated rings. The summed E-state index contributed by atoms with van der Waals surface area (Å²) in [5.41, 5.74) is 0. The van der Waals surface area contributed by atoms with E-state index in [0.29, 0.717) is 6.61 Å². The van der Waals surface area contributed by atoms with Gasteiger partial charge in [-0.1, -0.05) is 43.6 Å². The maximum absolute atomic E-state index is 9.83. The third kappa shape index (κ3) is 12.0. The number of hydrogen-bond donors (Lipinski definition) is 0. The molecule has 0 bridgehead atoms. The molecule has 4 nitrogen and oxygen atoms in total. The van der Waals surface area contributed by atoms with Gasteiger partial charge in [-0.15, -0.1) is 4.33 Å². The molecular formula is C8H17O4S. The molecule has 1 radical (unpaired) electrons. The molecule has 79 valence electrons. The van der Waals surface area contributed by atoms with Crippen LogP contribution in [-0.2, 0) is 25.1 Å². The highest BCUT2D eigenvalue weighted by Crippen LogP contribution is 2.04. The Morgan fingerprint density at radius 2 is 1.69 bits per heavy atom. The highest BCUT2D eigenvalue weighted by molar-refractivity contribution is 7.73. The van der Waals surface area contributed by atoms with Crippen molar-refractivity contribution in [3.63, 3.8) is 0 Å². The summed E-state index contributed by atoms with van der Waals surface area (Å²) in [6.45, 7) is 2.51. The number of unbranched alkanes of at least 4 members (excludes halogenated alkanes) is 5. The normalized spacial score (nSPS) is 13.1. The SMILES string of the molecule is CCCCCCCCOOS([O])=O. The Hall–Kier alpha value is 0.0300. The van der Waals surface area contributed by atoms with Gasteiger partial charge in [0.15, 0.2) is 0 Å². The minimum Gasteiger partial charge on any atom is -0.220 e. The summed E-state index contributed by atoms with van der Waals surface area (Å²) in [6.07, 6.45) is 6.83. The first-order valence-corrected chi connectivity index (χ1v) is 5.66. The van der Waals surface area contributed by atoms with Crippen LogP contribution >= 0.6 is 0 Å². The van der Waals surface area contributed by atoms with Crippen molar-refractivity contribution < 1.29 is 18.0 Å². The molecule has 0 rings (SSSR count). The third-order valence-electron chi connectivity index (χ3n) is 1.68. The Kier molecular flexibility index (Phi) is 10.1. The largest absolute Gasteiger partial charge is 0.363 e. The summed E-state index contributed by atoms with van der Waals surface area (Å²) in [6, 6.07) is 0. The molecule has 1 atom stereocenters. The fraction of sp³-hybridized carbons (Fsp3) is 1.00. The fourth-order valence-corrected chi connectivity index (χ4v) is 1.16. The number of hydrogen-bond acceptors (Lipinski definition) is 3. The highest BCUT2D eigenvalue weighted by Gasteiger charge is 1.95. The van der Waals surface area contributed by atoms with E-state index < -0.39 is 11.4 Å². The van der Waals surface area contributed by atoms with Crippen LogP contribution < -0.4 is 0 Å². The highest BCUT2D eigenvalue weighted by atomic mass is 32.2. The maximum Gasteiger partial charge on any atom is 0.363 e. The van der Waals surface area contributed by atoms with Gasteiger partial charge in [0, 0.05) is 0 Å².